The molecule has 0 aliphatic heterocycles. The lowest BCUT2D eigenvalue weighted by Gasteiger charge is -2.29. The lowest BCUT2D eigenvalue weighted by Crippen LogP contribution is -2.18. The standard InChI is InChI=1S/C15H27/c1-3-5-7-11-14(10-4-2)15-12-8-6-9-13-15/h4,11,14-15H,2-3,5-10,12-13H2,1H3. The molecule has 0 aromatic heterocycles. The summed E-state index contributed by atoms with van der Waals surface area (Å²) in [7, 11) is 0. The lowest BCUT2D eigenvalue weighted by molar-refractivity contribution is 0.270. The Morgan fingerprint density at radius 1 is 1.27 bits per heavy atom. The second-order valence-corrected chi connectivity index (χ2v) is 4.96. The Hall–Kier alpha value is -0.260. The van der Waals surface area contributed by atoms with Crippen LogP contribution in [0, 0.1) is 18.3 Å². The van der Waals surface area contributed by atoms with Gasteiger partial charge in [-0.05, 0) is 31.1 Å². The number of unbranched alkanes of at least 4 members (excludes halogenated alkanes) is 2. The van der Waals surface area contributed by atoms with E-state index in [0.29, 0.717) is 0 Å². The van der Waals surface area contributed by atoms with Crippen molar-refractivity contribution in [3.8, 4) is 0 Å². The van der Waals surface area contributed by atoms with Gasteiger partial charge >= 0.3 is 0 Å². The van der Waals surface area contributed by atoms with E-state index in [1.807, 2.05) is 0 Å². The third kappa shape index (κ3) is 4.86. The molecule has 1 unspecified atom stereocenters. The fourth-order valence-electron chi connectivity index (χ4n) is 2.77. The van der Waals surface area contributed by atoms with Gasteiger partial charge < -0.3 is 0 Å². The van der Waals surface area contributed by atoms with Crippen LogP contribution in [0.2, 0.25) is 0 Å². The fraction of sp³-hybridized carbons (Fsp3) is 0.800. The van der Waals surface area contributed by atoms with Crippen LogP contribution in [0.5, 0.6) is 0 Å². The zero-order chi connectivity index (χ0) is 10.9. The van der Waals surface area contributed by atoms with Crippen LogP contribution in [0.4, 0.5) is 0 Å². The molecule has 0 amide bonds. The Kier molecular flexibility index (Phi) is 6.80. The van der Waals surface area contributed by atoms with Crippen LogP contribution in [-0.2, 0) is 0 Å². The molecule has 1 saturated carbocycles. The average Bonchev–Trinajstić information content (AvgIpc) is 2.29. The summed E-state index contributed by atoms with van der Waals surface area (Å²) in [5.74, 6) is 1.79. The summed E-state index contributed by atoms with van der Waals surface area (Å²) < 4.78 is 0. The van der Waals surface area contributed by atoms with E-state index < -0.39 is 0 Å². The summed E-state index contributed by atoms with van der Waals surface area (Å²) in [4.78, 5) is 0. The molecule has 0 spiro atoms. The molecule has 0 aromatic carbocycles. The highest BCUT2D eigenvalue weighted by Gasteiger charge is 2.22. The normalized spacial score (nSPS) is 20.1. The van der Waals surface area contributed by atoms with Crippen molar-refractivity contribution in [2.24, 2.45) is 11.8 Å². The molecule has 1 fully saturated rings. The van der Waals surface area contributed by atoms with Crippen molar-refractivity contribution >= 4 is 0 Å². The Bertz CT molecular complexity index is 153. The van der Waals surface area contributed by atoms with Crippen molar-refractivity contribution in [1.29, 1.82) is 0 Å². The number of allylic oxidation sites excluding steroid dienone is 1. The molecule has 0 nitrogen and oxygen atoms in total. The number of hydrogen-bond acceptors (Lipinski definition) is 0. The molecule has 0 aromatic rings. The van der Waals surface area contributed by atoms with Crippen LogP contribution in [0.1, 0.15) is 64.7 Å². The van der Waals surface area contributed by atoms with Crippen molar-refractivity contribution in [2.75, 3.05) is 0 Å². The molecular formula is C15H27. The third-order valence-electron chi connectivity index (χ3n) is 3.72. The molecule has 0 bridgehead atoms. The Labute approximate surface area is 96.2 Å². The molecule has 0 saturated heterocycles. The molecule has 87 valence electrons. The first-order chi connectivity index (χ1) is 7.38. The predicted octanol–water partition coefficient (Wildman–Crippen LogP) is 5.15. The molecule has 1 rings (SSSR count). The first-order valence-corrected chi connectivity index (χ1v) is 6.82. The van der Waals surface area contributed by atoms with Gasteiger partial charge in [-0.15, -0.1) is 6.58 Å². The molecule has 1 aliphatic carbocycles. The van der Waals surface area contributed by atoms with Crippen molar-refractivity contribution in [1.82, 2.24) is 0 Å². The fourth-order valence-corrected chi connectivity index (χ4v) is 2.77. The summed E-state index contributed by atoms with van der Waals surface area (Å²) in [5.41, 5.74) is 0. The van der Waals surface area contributed by atoms with E-state index in [1.54, 1.807) is 0 Å². The summed E-state index contributed by atoms with van der Waals surface area (Å²) in [6.07, 6.45) is 17.2. The summed E-state index contributed by atoms with van der Waals surface area (Å²) in [6.45, 7) is 6.18. The van der Waals surface area contributed by atoms with E-state index in [-0.39, 0.29) is 0 Å². The number of rotatable bonds is 7. The minimum Gasteiger partial charge on any atom is -0.103 e. The minimum absolute atomic E-state index is 0.828. The van der Waals surface area contributed by atoms with Gasteiger partial charge in [-0.1, -0.05) is 57.9 Å². The van der Waals surface area contributed by atoms with Crippen LogP contribution < -0.4 is 0 Å². The predicted molar refractivity (Wildman–Crippen MR) is 68.7 cm³/mol. The monoisotopic (exact) mass is 207 g/mol. The zero-order valence-electron chi connectivity index (χ0n) is 10.4. The first-order valence-electron chi connectivity index (χ1n) is 6.82. The van der Waals surface area contributed by atoms with E-state index >= 15 is 0 Å². The van der Waals surface area contributed by atoms with Gasteiger partial charge in [-0.25, -0.2) is 0 Å². The molecule has 0 heteroatoms. The van der Waals surface area contributed by atoms with Gasteiger partial charge in [0.15, 0.2) is 0 Å². The summed E-state index contributed by atoms with van der Waals surface area (Å²) in [6, 6.07) is 0. The Morgan fingerprint density at radius 3 is 2.60 bits per heavy atom. The quantitative estimate of drug-likeness (QED) is 0.400. The first kappa shape index (κ1) is 12.8. The molecule has 15 heavy (non-hydrogen) atoms. The van der Waals surface area contributed by atoms with Crippen LogP contribution in [0.25, 0.3) is 0 Å². The summed E-state index contributed by atoms with van der Waals surface area (Å²) in [5, 5.41) is 0. The van der Waals surface area contributed by atoms with Gasteiger partial charge in [0.2, 0.25) is 0 Å². The van der Waals surface area contributed by atoms with E-state index in [1.165, 1.54) is 57.8 Å². The van der Waals surface area contributed by atoms with Gasteiger partial charge in [-0.3, -0.25) is 0 Å². The van der Waals surface area contributed by atoms with Crippen molar-refractivity contribution in [2.45, 2.75) is 64.7 Å². The van der Waals surface area contributed by atoms with Gasteiger partial charge in [0.05, 0.1) is 0 Å². The van der Waals surface area contributed by atoms with E-state index in [2.05, 4.69) is 26.0 Å². The van der Waals surface area contributed by atoms with Gasteiger partial charge in [-0.2, -0.15) is 0 Å². The second kappa shape index (κ2) is 7.96. The maximum absolute atomic E-state index is 3.90. The third-order valence-corrected chi connectivity index (χ3v) is 3.72. The maximum atomic E-state index is 3.90. The van der Waals surface area contributed by atoms with Crippen LogP contribution in [0.3, 0.4) is 0 Å². The zero-order valence-corrected chi connectivity index (χ0v) is 10.4. The smallest absolute Gasteiger partial charge is 0.0319 e. The molecule has 0 N–H and O–H groups in total. The van der Waals surface area contributed by atoms with Gasteiger partial charge in [0.1, 0.15) is 0 Å². The molecule has 1 aliphatic rings. The second-order valence-electron chi connectivity index (χ2n) is 4.96. The highest BCUT2D eigenvalue weighted by Crippen LogP contribution is 2.34. The molecular weight excluding hydrogens is 180 g/mol. The molecule has 1 atom stereocenters. The minimum atomic E-state index is 0.828. The van der Waals surface area contributed by atoms with Gasteiger partial charge in [0.25, 0.3) is 0 Å². The van der Waals surface area contributed by atoms with Gasteiger partial charge in [0, 0.05) is 0 Å². The van der Waals surface area contributed by atoms with Crippen molar-refractivity contribution < 1.29 is 0 Å². The Balaban J connectivity index is 2.29. The molecule has 1 radical (unpaired) electrons. The van der Waals surface area contributed by atoms with E-state index in [9.17, 15) is 0 Å². The van der Waals surface area contributed by atoms with Crippen LogP contribution >= 0.6 is 0 Å². The Morgan fingerprint density at radius 2 is 2.00 bits per heavy atom. The number of hydrogen-bond donors (Lipinski definition) is 0. The average molecular weight is 207 g/mol. The summed E-state index contributed by atoms with van der Waals surface area (Å²) >= 11 is 0. The highest BCUT2D eigenvalue weighted by molar-refractivity contribution is 4.88. The van der Waals surface area contributed by atoms with Crippen molar-refractivity contribution in [3.05, 3.63) is 19.1 Å². The highest BCUT2D eigenvalue weighted by atomic mass is 14.3. The van der Waals surface area contributed by atoms with Crippen LogP contribution in [0.15, 0.2) is 12.7 Å². The van der Waals surface area contributed by atoms with Crippen molar-refractivity contribution in [3.63, 3.8) is 0 Å². The topological polar surface area (TPSA) is 0 Å². The van der Waals surface area contributed by atoms with E-state index in [0.717, 1.165) is 11.8 Å². The lowest BCUT2D eigenvalue weighted by atomic mass is 9.76. The largest absolute Gasteiger partial charge is 0.103 e. The van der Waals surface area contributed by atoms with Crippen LogP contribution in [-0.4, -0.2) is 0 Å². The SMILES string of the molecule is C=CCC([CH]CCCC)C1CCCCC1. The van der Waals surface area contributed by atoms with E-state index in [4.69, 9.17) is 0 Å². The maximum Gasteiger partial charge on any atom is -0.0319 e. The molecule has 0 heterocycles.